The maximum atomic E-state index is 11.7. The Balaban J connectivity index is 2.18. The molecule has 0 radical (unpaired) electrons. The minimum absolute atomic E-state index is 0.281. The Bertz CT molecular complexity index is 272. The van der Waals surface area contributed by atoms with E-state index in [1.165, 1.54) is 0 Å². The van der Waals surface area contributed by atoms with Crippen molar-refractivity contribution in [2.45, 2.75) is 38.1 Å². The molecule has 0 bridgehead atoms. The summed E-state index contributed by atoms with van der Waals surface area (Å²) in [6.45, 7) is 0.721. The van der Waals surface area contributed by atoms with Gasteiger partial charge >= 0.3 is 0 Å². The molecule has 0 atom stereocenters. The van der Waals surface area contributed by atoms with Crippen LogP contribution in [-0.2, 0) is 14.8 Å². The van der Waals surface area contributed by atoms with Gasteiger partial charge in [-0.2, -0.15) is 0 Å². The zero-order chi connectivity index (χ0) is 11.3. The van der Waals surface area contributed by atoms with Crippen molar-refractivity contribution >= 4 is 10.0 Å². The summed E-state index contributed by atoms with van der Waals surface area (Å²) in [5.74, 6) is 0.281. The molecule has 15 heavy (non-hydrogen) atoms. The predicted molar refractivity (Wildman–Crippen MR) is 60.3 cm³/mol. The van der Waals surface area contributed by atoms with Gasteiger partial charge in [-0.25, -0.2) is 12.7 Å². The van der Waals surface area contributed by atoms with Gasteiger partial charge in [0, 0.05) is 26.8 Å². The van der Waals surface area contributed by atoms with E-state index in [0.29, 0.717) is 0 Å². The van der Waals surface area contributed by atoms with Crippen LogP contribution in [0.3, 0.4) is 0 Å². The lowest BCUT2D eigenvalue weighted by Gasteiger charge is -2.15. The van der Waals surface area contributed by atoms with Crippen LogP contribution < -0.4 is 0 Å². The van der Waals surface area contributed by atoms with E-state index in [4.69, 9.17) is 4.74 Å². The number of rotatable bonds is 8. The van der Waals surface area contributed by atoms with Crippen molar-refractivity contribution in [2.24, 2.45) is 0 Å². The first kappa shape index (κ1) is 12.9. The van der Waals surface area contributed by atoms with E-state index in [1.54, 1.807) is 18.5 Å². The maximum Gasteiger partial charge on any atom is 0.214 e. The van der Waals surface area contributed by atoms with Gasteiger partial charge in [-0.05, 0) is 25.7 Å². The average Bonchev–Trinajstić information content (AvgIpc) is 2.99. The Morgan fingerprint density at radius 2 is 1.93 bits per heavy atom. The molecule has 1 fully saturated rings. The van der Waals surface area contributed by atoms with Crippen molar-refractivity contribution in [3.05, 3.63) is 0 Å². The molecule has 90 valence electrons. The Morgan fingerprint density at radius 3 is 2.47 bits per heavy atom. The number of nitrogens with zero attached hydrogens (tertiary/aromatic N) is 1. The summed E-state index contributed by atoms with van der Waals surface area (Å²) in [5, 5.41) is 0. The van der Waals surface area contributed by atoms with Gasteiger partial charge in [0.2, 0.25) is 10.0 Å². The first-order chi connectivity index (χ1) is 7.08. The normalized spacial score (nSPS) is 17.3. The third kappa shape index (κ3) is 4.49. The van der Waals surface area contributed by atoms with Crippen molar-refractivity contribution in [1.82, 2.24) is 4.31 Å². The molecule has 0 amide bonds. The fraction of sp³-hybridized carbons (Fsp3) is 1.00. The molecule has 0 aromatic carbocycles. The highest BCUT2D eigenvalue weighted by Crippen LogP contribution is 2.27. The Labute approximate surface area is 92.7 Å². The van der Waals surface area contributed by atoms with E-state index >= 15 is 0 Å². The van der Waals surface area contributed by atoms with Crippen LogP contribution in [0.1, 0.15) is 32.1 Å². The maximum absolute atomic E-state index is 11.7. The molecule has 0 saturated heterocycles. The lowest BCUT2D eigenvalue weighted by molar-refractivity contribution is 0.192. The van der Waals surface area contributed by atoms with Crippen molar-refractivity contribution in [2.75, 3.05) is 26.5 Å². The third-order valence-electron chi connectivity index (χ3n) is 2.75. The molecule has 1 aliphatic rings. The van der Waals surface area contributed by atoms with Crippen LogP contribution in [0.25, 0.3) is 0 Å². The highest BCUT2D eigenvalue weighted by Gasteiger charge is 2.33. The molecule has 0 aliphatic heterocycles. The molecule has 1 rings (SSSR count). The number of sulfonamides is 1. The second kappa shape index (κ2) is 5.82. The first-order valence-electron chi connectivity index (χ1n) is 5.52. The second-order valence-corrected chi connectivity index (χ2v) is 6.26. The molecule has 0 unspecified atom stereocenters. The van der Waals surface area contributed by atoms with Crippen LogP contribution in [0, 0.1) is 0 Å². The van der Waals surface area contributed by atoms with E-state index < -0.39 is 10.0 Å². The Morgan fingerprint density at radius 1 is 1.27 bits per heavy atom. The zero-order valence-electron chi connectivity index (χ0n) is 9.61. The van der Waals surface area contributed by atoms with Gasteiger partial charge in [0.25, 0.3) is 0 Å². The highest BCUT2D eigenvalue weighted by atomic mass is 32.2. The van der Waals surface area contributed by atoms with E-state index in [0.717, 1.165) is 38.7 Å². The summed E-state index contributed by atoms with van der Waals surface area (Å²) in [6, 6.07) is 0.286. The van der Waals surface area contributed by atoms with Crippen molar-refractivity contribution in [3.8, 4) is 0 Å². The van der Waals surface area contributed by atoms with Crippen LogP contribution in [0.5, 0.6) is 0 Å². The molecular formula is C10H21NO3S. The molecular weight excluding hydrogens is 214 g/mol. The Hall–Kier alpha value is -0.130. The van der Waals surface area contributed by atoms with Gasteiger partial charge in [-0.3, -0.25) is 0 Å². The zero-order valence-corrected chi connectivity index (χ0v) is 10.4. The molecule has 0 aromatic heterocycles. The minimum Gasteiger partial charge on any atom is -0.385 e. The molecule has 0 heterocycles. The summed E-state index contributed by atoms with van der Waals surface area (Å²) in [5.41, 5.74) is 0. The third-order valence-corrected chi connectivity index (χ3v) is 4.73. The van der Waals surface area contributed by atoms with Gasteiger partial charge in [0.05, 0.1) is 5.75 Å². The molecule has 0 aromatic rings. The summed E-state index contributed by atoms with van der Waals surface area (Å²) in [6.07, 6.45) is 4.66. The second-order valence-electron chi connectivity index (χ2n) is 4.12. The number of hydrogen-bond acceptors (Lipinski definition) is 3. The van der Waals surface area contributed by atoms with Gasteiger partial charge in [0.15, 0.2) is 0 Å². The smallest absolute Gasteiger partial charge is 0.214 e. The average molecular weight is 235 g/mol. The largest absolute Gasteiger partial charge is 0.385 e. The van der Waals surface area contributed by atoms with Crippen LogP contribution in [0.4, 0.5) is 0 Å². The molecule has 5 heteroatoms. The fourth-order valence-electron chi connectivity index (χ4n) is 1.52. The summed E-state index contributed by atoms with van der Waals surface area (Å²) < 4.78 is 29.9. The van der Waals surface area contributed by atoms with Crippen molar-refractivity contribution in [3.63, 3.8) is 0 Å². The fourth-order valence-corrected chi connectivity index (χ4v) is 3.04. The summed E-state index contributed by atoms with van der Waals surface area (Å²) >= 11 is 0. The summed E-state index contributed by atoms with van der Waals surface area (Å²) in [4.78, 5) is 0. The van der Waals surface area contributed by atoms with Gasteiger partial charge in [-0.1, -0.05) is 6.42 Å². The molecule has 4 nitrogen and oxygen atoms in total. The molecule has 0 N–H and O–H groups in total. The van der Waals surface area contributed by atoms with Crippen molar-refractivity contribution < 1.29 is 13.2 Å². The van der Waals surface area contributed by atoms with E-state index in [2.05, 4.69) is 0 Å². The van der Waals surface area contributed by atoms with Crippen LogP contribution >= 0.6 is 0 Å². The van der Waals surface area contributed by atoms with Crippen LogP contribution in [0.2, 0.25) is 0 Å². The van der Waals surface area contributed by atoms with Crippen LogP contribution in [0.15, 0.2) is 0 Å². The van der Waals surface area contributed by atoms with E-state index in [1.807, 2.05) is 0 Å². The molecule has 0 spiro atoms. The Kier molecular flexibility index (Phi) is 5.02. The quantitative estimate of drug-likeness (QED) is 0.594. The monoisotopic (exact) mass is 235 g/mol. The van der Waals surface area contributed by atoms with Crippen LogP contribution in [-0.4, -0.2) is 45.3 Å². The van der Waals surface area contributed by atoms with Gasteiger partial charge in [-0.15, -0.1) is 0 Å². The standard InChI is InChI=1S/C10H21NO3S/c1-11(10-6-7-10)15(12,13)9-5-3-4-8-14-2/h10H,3-9H2,1-2H3. The lowest BCUT2D eigenvalue weighted by atomic mass is 10.3. The van der Waals surface area contributed by atoms with Gasteiger partial charge < -0.3 is 4.74 Å². The molecule has 1 saturated carbocycles. The predicted octanol–water partition coefficient (Wildman–Crippen LogP) is 1.23. The minimum atomic E-state index is -2.99. The molecule has 1 aliphatic carbocycles. The highest BCUT2D eigenvalue weighted by molar-refractivity contribution is 7.89. The van der Waals surface area contributed by atoms with E-state index in [9.17, 15) is 8.42 Å². The lowest BCUT2D eigenvalue weighted by Crippen LogP contribution is -2.31. The topological polar surface area (TPSA) is 46.6 Å². The number of hydrogen-bond donors (Lipinski definition) is 0. The number of unbranched alkanes of at least 4 members (excludes halogenated alkanes) is 2. The van der Waals surface area contributed by atoms with Crippen molar-refractivity contribution in [1.29, 1.82) is 0 Å². The van der Waals surface area contributed by atoms with E-state index in [-0.39, 0.29) is 11.8 Å². The first-order valence-corrected chi connectivity index (χ1v) is 7.13. The number of ether oxygens (including phenoxy) is 1. The summed E-state index contributed by atoms with van der Waals surface area (Å²) in [7, 11) is 0.369. The van der Waals surface area contributed by atoms with Gasteiger partial charge in [0.1, 0.15) is 0 Å². The number of methoxy groups -OCH3 is 1. The SMILES string of the molecule is COCCCCCS(=O)(=O)N(C)C1CC1.